The molecule has 0 bridgehead atoms. The van der Waals surface area contributed by atoms with Gasteiger partial charge in [-0.3, -0.25) is 15.1 Å². The first-order valence-electron chi connectivity index (χ1n) is 10.9. The molecule has 0 saturated carbocycles. The zero-order chi connectivity index (χ0) is 22.5. The van der Waals surface area contributed by atoms with Gasteiger partial charge in [0.25, 0.3) is 0 Å². The van der Waals surface area contributed by atoms with Crippen LogP contribution in [0.5, 0.6) is 0 Å². The van der Waals surface area contributed by atoms with Gasteiger partial charge in [0.05, 0.1) is 23.1 Å². The van der Waals surface area contributed by atoms with Crippen LogP contribution in [0, 0.1) is 0 Å². The van der Waals surface area contributed by atoms with E-state index in [4.69, 9.17) is 0 Å². The molecule has 6 nitrogen and oxygen atoms in total. The fourth-order valence-corrected chi connectivity index (χ4v) is 3.66. The molecule has 4 heterocycles. The summed E-state index contributed by atoms with van der Waals surface area (Å²) in [6.45, 7) is 12.3. The molecule has 0 radical (unpaired) electrons. The first-order chi connectivity index (χ1) is 15.6. The molecule has 0 saturated heterocycles. The average Bonchev–Trinajstić information content (AvgIpc) is 3.43. The number of allylic oxidation sites excluding steroid dienone is 5. The highest BCUT2D eigenvalue weighted by molar-refractivity contribution is 5.96. The van der Waals surface area contributed by atoms with Crippen LogP contribution in [-0.2, 0) is 0 Å². The van der Waals surface area contributed by atoms with E-state index in [-0.39, 0.29) is 0 Å². The van der Waals surface area contributed by atoms with Crippen LogP contribution in [-0.4, -0.2) is 25.1 Å². The summed E-state index contributed by atoms with van der Waals surface area (Å²) in [5.74, 6) is 0. The Bertz CT molecular complexity index is 1300. The van der Waals surface area contributed by atoms with E-state index in [1.165, 1.54) is 0 Å². The molecule has 4 rings (SSSR count). The highest BCUT2D eigenvalue weighted by Crippen LogP contribution is 2.30. The second-order valence-corrected chi connectivity index (χ2v) is 7.71. The second-order valence-electron chi connectivity index (χ2n) is 7.71. The minimum Gasteiger partial charge on any atom is -0.359 e. The number of nitrogens with one attached hydrogen (secondary N) is 3. The summed E-state index contributed by atoms with van der Waals surface area (Å²) in [5, 5.41) is 13.1. The fourth-order valence-electron chi connectivity index (χ4n) is 3.66. The number of aromatic nitrogens is 5. The van der Waals surface area contributed by atoms with Gasteiger partial charge in [0, 0.05) is 40.1 Å². The number of unbranched alkanes of at least 4 members (excludes halogenated alkanes) is 1. The maximum atomic E-state index is 4.66. The maximum Gasteiger partial charge on any atom is 0.116 e. The smallest absolute Gasteiger partial charge is 0.116 e. The van der Waals surface area contributed by atoms with Crippen molar-refractivity contribution in [1.29, 1.82) is 0 Å². The Morgan fingerprint density at radius 2 is 2.09 bits per heavy atom. The van der Waals surface area contributed by atoms with Crippen LogP contribution < -0.4 is 5.32 Å². The maximum absolute atomic E-state index is 4.66. The third-order valence-corrected chi connectivity index (χ3v) is 5.41. The Labute approximate surface area is 187 Å². The molecule has 162 valence electrons. The number of nitrogens with zero attached hydrogens (tertiary/aromatic N) is 3. The van der Waals surface area contributed by atoms with Gasteiger partial charge in [0.1, 0.15) is 5.69 Å². The molecule has 4 aromatic heterocycles. The molecule has 0 atom stereocenters. The molecule has 0 spiro atoms. The molecule has 0 aliphatic carbocycles. The van der Waals surface area contributed by atoms with Crippen molar-refractivity contribution in [2.45, 2.75) is 33.1 Å². The van der Waals surface area contributed by atoms with Gasteiger partial charge in [0.2, 0.25) is 0 Å². The minimum absolute atomic E-state index is 0.856. The third-order valence-electron chi connectivity index (χ3n) is 5.41. The van der Waals surface area contributed by atoms with Crippen molar-refractivity contribution in [3.8, 4) is 11.4 Å². The number of aromatic amines is 2. The zero-order valence-corrected chi connectivity index (χ0v) is 18.6. The van der Waals surface area contributed by atoms with E-state index in [1.807, 2.05) is 37.5 Å². The molecular formula is C26H28N6. The summed E-state index contributed by atoms with van der Waals surface area (Å²) in [6.07, 6.45) is 14.5. The van der Waals surface area contributed by atoms with E-state index in [9.17, 15) is 0 Å². The Morgan fingerprint density at radius 3 is 2.84 bits per heavy atom. The normalized spacial score (nSPS) is 12.4. The van der Waals surface area contributed by atoms with Crippen LogP contribution >= 0.6 is 0 Å². The van der Waals surface area contributed by atoms with E-state index in [1.54, 1.807) is 12.3 Å². The zero-order valence-electron chi connectivity index (χ0n) is 18.6. The molecule has 4 aromatic rings. The van der Waals surface area contributed by atoms with E-state index in [2.05, 4.69) is 62.7 Å². The molecule has 6 heteroatoms. The predicted molar refractivity (Wildman–Crippen MR) is 133 cm³/mol. The monoisotopic (exact) mass is 424 g/mol. The molecule has 32 heavy (non-hydrogen) atoms. The lowest BCUT2D eigenvalue weighted by molar-refractivity contribution is 0.751. The quantitative estimate of drug-likeness (QED) is 0.277. The summed E-state index contributed by atoms with van der Waals surface area (Å²) in [4.78, 5) is 12.3. The van der Waals surface area contributed by atoms with Gasteiger partial charge in [-0.2, -0.15) is 5.10 Å². The second kappa shape index (κ2) is 9.47. The molecular weight excluding hydrogens is 396 g/mol. The minimum atomic E-state index is 0.856. The summed E-state index contributed by atoms with van der Waals surface area (Å²) >= 11 is 0. The van der Waals surface area contributed by atoms with E-state index in [0.29, 0.717) is 0 Å². The topological polar surface area (TPSA) is 82.3 Å². The molecule has 0 aliphatic heterocycles. The van der Waals surface area contributed by atoms with Crippen molar-refractivity contribution in [1.82, 2.24) is 30.5 Å². The standard InChI is InChI=1S/C26H28N6/c1-5-8-9-17(4)29-20(7-3)12-18(6-2)23-14-21-25(16-28-23)31-32-26(21)24-13-19-15-27-11-10-22(19)30-24/h6-7,10-16,29-30H,3-5,8-9H2,1-2H3,(H,31,32)/b18-6+,20-12+. The van der Waals surface area contributed by atoms with Crippen molar-refractivity contribution in [2.24, 2.45) is 0 Å². The van der Waals surface area contributed by atoms with Gasteiger partial charge in [-0.25, -0.2) is 0 Å². The predicted octanol–water partition coefficient (Wildman–Crippen LogP) is 6.27. The van der Waals surface area contributed by atoms with Gasteiger partial charge in [-0.05, 0) is 55.7 Å². The van der Waals surface area contributed by atoms with Crippen molar-refractivity contribution in [3.05, 3.63) is 85.3 Å². The summed E-state index contributed by atoms with van der Waals surface area (Å²) in [7, 11) is 0. The number of hydrogen-bond acceptors (Lipinski definition) is 4. The van der Waals surface area contributed by atoms with Crippen molar-refractivity contribution in [3.63, 3.8) is 0 Å². The Hall–Kier alpha value is -3.93. The largest absolute Gasteiger partial charge is 0.359 e. The van der Waals surface area contributed by atoms with Gasteiger partial charge in [-0.1, -0.05) is 32.6 Å². The van der Waals surface area contributed by atoms with Gasteiger partial charge in [0.15, 0.2) is 0 Å². The van der Waals surface area contributed by atoms with Gasteiger partial charge >= 0.3 is 0 Å². The van der Waals surface area contributed by atoms with Crippen molar-refractivity contribution in [2.75, 3.05) is 0 Å². The lowest BCUT2D eigenvalue weighted by Crippen LogP contribution is -2.10. The third kappa shape index (κ3) is 4.39. The highest BCUT2D eigenvalue weighted by atomic mass is 15.1. The summed E-state index contributed by atoms with van der Waals surface area (Å²) < 4.78 is 0. The Kier molecular flexibility index (Phi) is 6.31. The first kappa shape index (κ1) is 21.3. The Morgan fingerprint density at radius 1 is 1.22 bits per heavy atom. The summed E-state index contributed by atoms with van der Waals surface area (Å²) in [6, 6.07) is 6.09. The van der Waals surface area contributed by atoms with Crippen LogP contribution in [0.4, 0.5) is 0 Å². The van der Waals surface area contributed by atoms with Crippen LogP contribution in [0.3, 0.4) is 0 Å². The molecule has 3 N–H and O–H groups in total. The number of pyridine rings is 2. The number of hydrogen-bond donors (Lipinski definition) is 3. The molecule has 0 fully saturated rings. The van der Waals surface area contributed by atoms with Crippen LogP contribution in [0.25, 0.3) is 38.8 Å². The van der Waals surface area contributed by atoms with Gasteiger partial charge < -0.3 is 10.3 Å². The highest BCUT2D eigenvalue weighted by Gasteiger charge is 2.13. The Balaban J connectivity index is 1.68. The molecule has 0 aromatic carbocycles. The van der Waals surface area contributed by atoms with Crippen molar-refractivity contribution >= 4 is 27.4 Å². The lowest BCUT2D eigenvalue weighted by atomic mass is 10.1. The number of rotatable bonds is 9. The molecule has 0 amide bonds. The van der Waals surface area contributed by atoms with E-state index >= 15 is 0 Å². The van der Waals surface area contributed by atoms with Gasteiger partial charge in [-0.15, -0.1) is 0 Å². The fraction of sp³-hybridized carbons (Fsp3) is 0.192. The van der Waals surface area contributed by atoms with Crippen LogP contribution in [0.1, 0.15) is 38.8 Å². The van der Waals surface area contributed by atoms with Crippen LogP contribution in [0.2, 0.25) is 0 Å². The number of H-pyrrole nitrogens is 2. The number of fused-ring (bicyclic) bond motifs is 2. The van der Waals surface area contributed by atoms with E-state index in [0.717, 1.165) is 75.1 Å². The molecule has 0 unspecified atom stereocenters. The van der Waals surface area contributed by atoms with Crippen LogP contribution in [0.15, 0.2) is 79.6 Å². The lowest BCUT2D eigenvalue weighted by Gasteiger charge is -2.11. The average molecular weight is 425 g/mol. The molecule has 0 aliphatic rings. The SMILES string of the molecule is C=C/C(=C\C(=C/C)c1cc2c(-c3cc4cnccc4[nH]3)n[nH]c2cn1)NC(=C)CCCC. The summed E-state index contributed by atoms with van der Waals surface area (Å²) in [5.41, 5.74) is 7.45. The van der Waals surface area contributed by atoms with E-state index < -0.39 is 0 Å². The van der Waals surface area contributed by atoms with Crippen molar-refractivity contribution < 1.29 is 0 Å². The first-order valence-corrected chi connectivity index (χ1v) is 10.9.